The molecule has 0 unspecified atom stereocenters. The zero-order valence-corrected chi connectivity index (χ0v) is 20.5. The van der Waals surface area contributed by atoms with Crippen molar-refractivity contribution in [1.82, 2.24) is 0 Å². The molecule has 0 atom stereocenters. The number of carboxylic acids is 1. The summed E-state index contributed by atoms with van der Waals surface area (Å²) < 4.78 is 7.41. The number of thioether (sulfide) groups is 1. The molecule has 0 aliphatic rings. The highest BCUT2D eigenvalue weighted by Gasteiger charge is 2.07. The van der Waals surface area contributed by atoms with Gasteiger partial charge in [-0.05, 0) is 92.2 Å². The number of halogens is 2. The highest BCUT2D eigenvalue weighted by atomic mass is 127. The lowest BCUT2D eigenvalue weighted by Gasteiger charge is -2.10. The Bertz CT molecular complexity index is 1000. The van der Waals surface area contributed by atoms with Crippen LogP contribution in [0.25, 0.3) is 5.57 Å². The summed E-state index contributed by atoms with van der Waals surface area (Å²) >= 11 is 6.23. The van der Waals surface area contributed by atoms with E-state index >= 15 is 0 Å². The van der Waals surface area contributed by atoms with Crippen molar-refractivity contribution in [3.05, 3.63) is 97.1 Å². The Kier molecular flexibility index (Phi) is 8.43. The predicted octanol–water partition coefficient (Wildman–Crippen LogP) is 6.58. The van der Waals surface area contributed by atoms with Crippen LogP contribution < -0.4 is 4.74 Å². The molecule has 0 heterocycles. The van der Waals surface area contributed by atoms with Crippen molar-refractivity contribution in [2.75, 3.05) is 12.4 Å². The number of carbonyl (C=O) groups is 1. The van der Waals surface area contributed by atoms with E-state index in [-0.39, 0.29) is 6.61 Å². The highest BCUT2D eigenvalue weighted by molar-refractivity contribution is 14.1. The molecule has 0 saturated carbocycles. The largest absolute Gasteiger partial charge is 0.481 e. The second-order valence-electron chi connectivity index (χ2n) is 6.08. The van der Waals surface area contributed by atoms with Crippen LogP contribution in [0.4, 0.5) is 0 Å². The number of hydrogen-bond donors (Lipinski definition) is 1. The topological polar surface area (TPSA) is 46.5 Å². The van der Waals surface area contributed by atoms with E-state index in [0.29, 0.717) is 5.75 Å². The SMILES string of the molecule is O=C(O)COc1ccc(SCC=C(c2ccccc2)c2ccc(I)cc2)cc1I. The average molecular weight is 628 g/mol. The van der Waals surface area contributed by atoms with Crippen molar-refractivity contribution in [3.8, 4) is 5.75 Å². The van der Waals surface area contributed by atoms with Gasteiger partial charge in [-0.25, -0.2) is 4.79 Å². The third-order valence-electron chi connectivity index (χ3n) is 4.03. The first-order chi connectivity index (χ1) is 14.0. The Balaban J connectivity index is 1.75. The minimum absolute atomic E-state index is 0.332. The van der Waals surface area contributed by atoms with Gasteiger partial charge in [0.25, 0.3) is 0 Å². The van der Waals surface area contributed by atoms with Crippen LogP contribution in [0, 0.1) is 7.14 Å². The molecular weight excluding hydrogens is 610 g/mol. The van der Waals surface area contributed by atoms with E-state index in [1.54, 1.807) is 11.8 Å². The molecule has 0 aromatic heterocycles. The van der Waals surface area contributed by atoms with Gasteiger partial charge in [0.2, 0.25) is 0 Å². The highest BCUT2D eigenvalue weighted by Crippen LogP contribution is 2.29. The lowest BCUT2D eigenvalue weighted by atomic mass is 9.98. The maximum absolute atomic E-state index is 10.7. The van der Waals surface area contributed by atoms with Gasteiger partial charge in [0.05, 0.1) is 3.57 Å². The summed E-state index contributed by atoms with van der Waals surface area (Å²) in [5, 5.41) is 8.75. The van der Waals surface area contributed by atoms with Gasteiger partial charge in [0.15, 0.2) is 6.61 Å². The number of hydrogen-bond acceptors (Lipinski definition) is 3. The smallest absolute Gasteiger partial charge is 0.341 e. The Labute approximate surface area is 201 Å². The summed E-state index contributed by atoms with van der Waals surface area (Å²) in [4.78, 5) is 11.8. The molecular formula is C23H18I2O3S. The molecule has 1 N–H and O–H groups in total. The second kappa shape index (κ2) is 11.0. The van der Waals surface area contributed by atoms with Gasteiger partial charge in [-0.3, -0.25) is 0 Å². The monoisotopic (exact) mass is 628 g/mol. The van der Waals surface area contributed by atoms with Crippen molar-refractivity contribution in [2.45, 2.75) is 4.90 Å². The maximum Gasteiger partial charge on any atom is 0.341 e. The molecule has 29 heavy (non-hydrogen) atoms. The van der Waals surface area contributed by atoms with Crippen LogP contribution in [0.5, 0.6) is 5.75 Å². The summed E-state index contributed by atoms with van der Waals surface area (Å²) in [6.07, 6.45) is 2.25. The molecule has 0 fully saturated rings. The van der Waals surface area contributed by atoms with Crippen molar-refractivity contribution in [1.29, 1.82) is 0 Å². The number of carboxylic acid groups (broad SMARTS) is 1. The van der Waals surface area contributed by atoms with Crippen molar-refractivity contribution >= 4 is 68.5 Å². The van der Waals surface area contributed by atoms with Crippen LogP contribution >= 0.6 is 56.9 Å². The van der Waals surface area contributed by atoms with Crippen molar-refractivity contribution in [3.63, 3.8) is 0 Å². The summed E-state index contributed by atoms with van der Waals surface area (Å²) in [5.74, 6) is 0.437. The first kappa shape index (κ1) is 22.2. The molecule has 0 aliphatic carbocycles. The first-order valence-corrected chi connectivity index (χ1v) is 12.0. The van der Waals surface area contributed by atoms with Gasteiger partial charge in [-0.15, -0.1) is 11.8 Å². The third kappa shape index (κ3) is 6.75. The zero-order chi connectivity index (χ0) is 20.6. The fourth-order valence-corrected chi connectivity index (χ4v) is 4.75. The number of aliphatic carboxylic acids is 1. The minimum atomic E-state index is -0.978. The van der Waals surface area contributed by atoms with Crippen LogP contribution in [0.2, 0.25) is 0 Å². The fraction of sp³-hybridized carbons (Fsp3) is 0.0870. The molecule has 0 aliphatic heterocycles. The van der Waals surface area contributed by atoms with E-state index in [0.717, 1.165) is 14.2 Å². The Hall–Kier alpha value is -1.52. The number of ether oxygens (including phenoxy) is 1. The Morgan fingerprint density at radius 3 is 2.31 bits per heavy atom. The molecule has 148 valence electrons. The van der Waals surface area contributed by atoms with Crippen LogP contribution in [-0.2, 0) is 4.79 Å². The summed E-state index contributed by atoms with van der Waals surface area (Å²) in [6.45, 7) is -0.332. The summed E-state index contributed by atoms with van der Waals surface area (Å²) in [7, 11) is 0. The van der Waals surface area contributed by atoms with Crippen LogP contribution in [0.3, 0.4) is 0 Å². The molecule has 0 amide bonds. The summed E-state index contributed by atoms with van der Waals surface area (Å²) in [5.41, 5.74) is 3.61. The lowest BCUT2D eigenvalue weighted by molar-refractivity contribution is -0.139. The maximum atomic E-state index is 10.7. The number of rotatable bonds is 8. The molecule has 0 spiro atoms. The van der Waals surface area contributed by atoms with Crippen LogP contribution in [-0.4, -0.2) is 23.4 Å². The van der Waals surface area contributed by atoms with Gasteiger partial charge >= 0.3 is 5.97 Å². The van der Waals surface area contributed by atoms with Crippen molar-refractivity contribution in [2.24, 2.45) is 0 Å². The van der Waals surface area contributed by atoms with E-state index in [2.05, 4.69) is 99.8 Å². The second-order valence-corrected chi connectivity index (χ2v) is 9.58. The van der Waals surface area contributed by atoms with E-state index < -0.39 is 5.97 Å². The van der Waals surface area contributed by atoms with Crippen molar-refractivity contribution < 1.29 is 14.6 Å². The third-order valence-corrected chi connectivity index (χ3v) is 6.51. The van der Waals surface area contributed by atoms with Gasteiger partial charge < -0.3 is 9.84 Å². The molecule has 3 aromatic rings. The average Bonchev–Trinajstić information content (AvgIpc) is 2.72. The number of benzene rings is 3. The zero-order valence-electron chi connectivity index (χ0n) is 15.3. The molecule has 6 heteroatoms. The molecule has 0 saturated heterocycles. The van der Waals surface area contributed by atoms with Crippen LogP contribution in [0.1, 0.15) is 11.1 Å². The van der Waals surface area contributed by atoms with Gasteiger partial charge in [-0.1, -0.05) is 48.5 Å². The summed E-state index contributed by atoms with van der Waals surface area (Å²) in [6, 6.07) is 24.8. The first-order valence-electron chi connectivity index (χ1n) is 8.81. The molecule has 3 rings (SSSR count). The van der Waals surface area contributed by atoms with Gasteiger partial charge in [-0.2, -0.15) is 0 Å². The standard InChI is InChI=1S/C23H18I2O3S/c24-18-8-6-17(7-9-18)20(16-4-2-1-3-5-16)12-13-29-19-10-11-22(21(25)14-19)28-15-23(26)27/h1-12,14H,13,15H2,(H,26,27). The van der Waals surface area contributed by atoms with Gasteiger partial charge in [0, 0.05) is 14.2 Å². The van der Waals surface area contributed by atoms with E-state index in [1.165, 1.54) is 20.3 Å². The van der Waals surface area contributed by atoms with E-state index in [4.69, 9.17) is 9.84 Å². The quantitative estimate of drug-likeness (QED) is 0.226. The van der Waals surface area contributed by atoms with E-state index in [9.17, 15) is 4.79 Å². The predicted molar refractivity (Wildman–Crippen MR) is 136 cm³/mol. The molecule has 3 nitrogen and oxygen atoms in total. The Morgan fingerprint density at radius 1 is 0.966 bits per heavy atom. The molecule has 3 aromatic carbocycles. The minimum Gasteiger partial charge on any atom is -0.481 e. The Morgan fingerprint density at radius 2 is 1.66 bits per heavy atom. The molecule has 0 bridgehead atoms. The van der Waals surface area contributed by atoms with Gasteiger partial charge in [0.1, 0.15) is 5.75 Å². The fourth-order valence-electron chi connectivity index (χ4n) is 2.70. The molecule has 0 radical (unpaired) electrons. The lowest BCUT2D eigenvalue weighted by Crippen LogP contribution is -2.10. The normalized spacial score (nSPS) is 11.3. The van der Waals surface area contributed by atoms with Crippen LogP contribution in [0.15, 0.2) is 83.8 Å². The van der Waals surface area contributed by atoms with E-state index in [1.807, 2.05) is 24.3 Å².